The van der Waals surface area contributed by atoms with Gasteiger partial charge in [0.15, 0.2) is 5.78 Å². The molecule has 0 bridgehead atoms. The summed E-state index contributed by atoms with van der Waals surface area (Å²) in [7, 11) is -3.50. The van der Waals surface area contributed by atoms with Gasteiger partial charge in [-0.05, 0) is 18.2 Å². The Hall–Kier alpha value is -1.60. The number of nitrogens with one attached hydrogen (secondary N) is 2. The molecule has 0 fully saturated rings. The Kier molecular flexibility index (Phi) is 4.90. The molecule has 0 amide bonds. The molecule has 0 saturated heterocycles. The van der Waals surface area contributed by atoms with Crippen molar-refractivity contribution in [2.45, 2.75) is 19.9 Å². The van der Waals surface area contributed by atoms with Gasteiger partial charge in [-0.1, -0.05) is 13.8 Å². The SMILES string of the molecule is CC(C)NCC(=O)c1ccc(O)c(NS(C)(=O)=O)c1. The zero-order valence-electron chi connectivity index (χ0n) is 11.1. The maximum absolute atomic E-state index is 11.9. The summed E-state index contributed by atoms with van der Waals surface area (Å²) in [6.45, 7) is 3.99. The number of ketones is 1. The molecule has 0 heterocycles. The van der Waals surface area contributed by atoms with Crippen molar-refractivity contribution in [1.29, 1.82) is 0 Å². The van der Waals surface area contributed by atoms with Gasteiger partial charge in [-0.2, -0.15) is 0 Å². The minimum Gasteiger partial charge on any atom is -0.506 e. The number of aromatic hydroxyl groups is 1. The number of phenolic OH excluding ortho intramolecular Hbond substituents is 1. The molecule has 0 unspecified atom stereocenters. The second-order valence-corrected chi connectivity index (χ2v) is 6.31. The molecule has 0 aliphatic rings. The van der Waals surface area contributed by atoms with Crippen molar-refractivity contribution in [3.05, 3.63) is 23.8 Å². The van der Waals surface area contributed by atoms with Crippen LogP contribution in [0, 0.1) is 0 Å². The van der Waals surface area contributed by atoms with E-state index in [1.165, 1.54) is 18.2 Å². The Morgan fingerprint density at radius 3 is 2.53 bits per heavy atom. The lowest BCUT2D eigenvalue weighted by molar-refractivity contribution is 0.0988. The highest BCUT2D eigenvalue weighted by atomic mass is 32.2. The van der Waals surface area contributed by atoms with Gasteiger partial charge in [0.25, 0.3) is 0 Å². The lowest BCUT2D eigenvalue weighted by atomic mass is 10.1. The zero-order valence-corrected chi connectivity index (χ0v) is 11.9. The molecule has 1 aromatic carbocycles. The van der Waals surface area contributed by atoms with Crippen LogP contribution in [0.4, 0.5) is 5.69 Å². The van der Waals surface area contributed by atoms with Gasteiger partial charge in [0, 0.05) is 11.6 Å². The fraction of sp³-hybridized carbons (Fsp3) is 0.417. The summed E-state index contributed by atoms with van der Waals surface area (Å²) in [6, 6.07) is 4.24. The summed E-state index contributed by atoms with van der Waals surface area (Å²) in [4.78, 5) is 11.9. The largest absolute Gasteiger partial charge is 0.506 e. The van der Waals surface area contributed by atoms with Crippen LogP contribution in [0.1, 0.15) is 24.2 Å². The normalized spacial score (nSPS) is 11.6. The molecule has 3 N–H and O–H groups in total. The van der Waals surface area contributed by atoms with Crippen molar-refractivity contribution in [3.63, 3.8) is 0 Å². The Bertz CT molecular complexity index is 567. The first kappa shape index (κ1) is 15.5. The van der Waals surface area contributed by atoms with E-state index in [-0.39, 0.29) is 29.8 Å². The van der Waals surface area contributed by atoms with Gasteiger partial charge >= 0.3 is 0 Å². The van der Waals surface area contributed by atoms with Gasteiger partial charge in [-0.3, -0.25) is 9.52 Å². The van der Waals surface area contributed by atoms with Crippen molar-refractivity contribution < 1.29 is 18.3 Å². The predicted molar refractivity (Wildman–Crippen MR) is 74.0 cm³/mol. The average Bonchev–Trinajstić information content (AvgIpc) is 2.27. The van der Waals surface area contributed by atoms with E-state index >= 15 is 0 Å². The molecule has 106 valence electrons. The van der Waals surface area contributed by atoms with Gasteiger partial charge in [0.05, 0.1) is 18.5 Å². The summed E-state index contributed by atoms with van der Waals surface area (Å²) in [5, 5.41) is 12.5. The number of rotatable bonds is 6. The average molecular weight is 286 g/mol. The molecule has 0 spiro atoms. The first-order chi connectivity index (χ1) is 8.69. The predicted octanol–water partition coefficient (Wildman–Crippen LogP) is 0.944. The molecule has 1 aromatic rings. The second-order valence-electron chi connectivity index (χ2n) is 4.56. The van der Waals surface area contributed by atoms with Crippen LogP contribution < -0.4 is 10.0 Å². The Morgan fingerprint density at radius 1 is 1.37 bits per heavy atom. The van der Waals surface area contributed by atoms with Crippen molar-refractivity contribution in [2.24, 2.45) is 0 Å². The molecule has 6 nitrogen and oxygen atoms in total. The zero-order chi connectivity index (χ0) is 14.6. The fourth-order valence-electron chi connectivity index (χ4n) is 1.39. The summed E-state index contributed by atoms with van der Waals surface area (Å²) in [5.74, 6) is -0.399. The quantitative estimate of drug-likeness (QED) is 0.534. The van der Waals surface area contributed by atoms with E-state index in [2.05, 4.69) is 10.0 Å². The van der Waals surface area contributed by atoms with Crippen LogP contribution in [0.5, 0.6) is 5.75 Å². The molecule has 0 aliphatic heterocycles. The van der Waals surface area contributed by atoms with Crippen molar-refractivity contribution >= 4 is 21.5 Å². The highest BCUT2D eigenvalue weighted by molar-refractivity contribution is 7.92. The molecule has 0 aromatic heterocycles. The molecule has 19 heavy (non-hydrogen) atoms. The molecule has 0 radical (unpaired) electrons. The number of carbonyl (C=O) groups is 1. The fourth-order valence-corrected chi connectivity index (χ4v) is 1.95. The minimum atomic E-state index is -3.50. The Balaban J connectivity index is 2.92. The topological polar surface area (TPSA) is 95.5 Å². The molecular formula is C12H18N2O4S. The van der Waals surface area contributed by atoms with Crippen LogP contribution in [-0.2, 0) is 10.0 Å². The van der Waals surface area contributed by atoms with Crippen molar-refractivity contribution in [1.82, 2.24) is 5.32 Å². The smallest absolute Gasteiger partial charge is 0.229 e. The second kappa shape index (κ2) is 6.03. The summed E-state index contributed by atoms with van der Waals surface area (Å²) < 4.78 is 24.4. The van der Waals surface area contributed by atoms with Gasteiger partial charge in [0.1, 0.15) is 5.75 Å². The number of phenols is 1. The number of hydrogen-bond acceptors (Lipinski definition) is 5. The molecule has 0 aliphatic carbocycles. The van der Waals surface area contributed by atoms with Crippen LogP contribution >= 0.6 is 0 Å². The maximum atomic E-state index is 11.9. The standard InChI is InChI=1S/C12H18N2O4S/c1-8(2)13-7-12(16)9-4-5-11(15)10(6-9)14-19(3,17)18/h4-6,8,13-15H,7H2,1-3H3. The van der Waals surface area contributed by atoms with Crippen LogP contribution in [0.15, 0.2) is 18.2 Å². The van der Waals surface area contributed by atoms with E-state index < -0.39 is 10.0 Å². The first-order valence-corrected chi connectivity index (χ1v) is 7.65. The first-order valence-electron chi connectivity index (χ1n) is 5.76. The third-order valence-corrected chi connectivity index (χ3v) is 2.88. The van der Waals surface area contributed by atoms with E-state index in [1.807, 2.05) is 13.8 Å². The molecular weight excluding hydrogens is 268 g/mol. The lowest BCUT2D eigenvalue weighted by Gasteiger charge is -2.10. The highest BCUT2D eigenvalue weighted by Gasteiger charge is 2.12. The van der Waals surface area contributed by atoms with Crippen LogP contribution in [-0.4, -0.2) is 38.1 Å². The lowest BCUT2D eigenvalue weighted by Crippen LogP contribution is -2.29. The summed E-state index contributed by atoms with van der Waals surface area (Å²) >= 11 is 0. The third-order valence-electron chi connectivity index (χ3n) is 2.28. The van der Waals surface area contributed by atoms with E-state index in [1.54, 1.807) is 0 Å². The third kappa shape index (κ3) is 5.27. The van der Waals surface area contributed by atoms with E-state index in [9.17, 15) is 18.3 Å². The number of benzene rings is 1. The molecule has 0 saturated carbocycles. The number of carbonyl (C=O) groups excluding carboxylic acids is 1. The summed E-state index contributed by atoms with van der Waals surface area (Å²) in [5.41, 5.74) is 0.329. The van der Waals surface area contributed by atoms with Crippen LogP contribution in [0.2, 0.25) is 0 Å². The Labute approximate surface area is 112 Å². The summed E-state index contributed by atoms with van der Waals surface area (Å²) in [6.07, 6.45) is 0.973. The van der Waals surface area contributed by atoms with Gasteiger partial charge in [0.2, 0.25) is 10.0 Å². The van der Waals surface area contributed by atoms with Crippen LogP contribution in [0.25, 0.3) is 0 Å². The molecule has 7 heteroatoms. The Morgan fingerprint density at radius 2 is 2.00 bits per heavy atom. The molecule has 1 rings (SSSR count). The van der Waals surface area contributed by atoms with Gasteiger partial charge in [-0.15, -0.1) is 0 Å². The van der Waals surface area contributed by atoms with Crippen molar-refractivity contribution in [3.8, 4) is 5.75 Å². The number of anilines is 1. The number of hydrogen-bond donors (Lipinski definition) is 3. The van der Waals surface area contributed by atoms with Gasteiger partial charge < -0.3 is 10.4 Å². The van der Waals surface area contributed by atoms with Gasteiger partial charge in [-0.25, -0.2) is 8.42 Å². The van der Waals surface area contributed by atoms with E-state index in [0.29, 0.717) is 5.56 Å². The molecule has 0 atom stereocenters. The van der Waals surface area contributed by atoms with E-state index in [0.717, 1.165) is 6.26 Å². The van der Waals surface area contributed by atoms with E-state index in [4.69, 9.17) is 0 Å². The maximum Gasteiger partial charge on any atom is 0.229 e. The number of sulfonamides is 1. The van der Waals surface area contributed by atoms with Crippen LogP contribution in [0.3, 0.4) is 0 Å². The monoisotopic (exact) mass is 286 g/mol. The minimum absolute atomic E-state index is 0.00195. The van der Waals surface area contributed by atoms with Crippen molar-refractivity contribution in [2.75, 3.05) is 17.5 Å². The highest BCUT2D eigenvalue weighted by Crippen LogP contribution is 2.25. The number of Topliss-reactive ketones (excluding diaryl/α,β-unsaturated/α-hetero) is 1.